The van der Waals surface area contributed by atoms with Gasteiger partial charge in [-0.1, -0.05) is 6.92 Å². The molecule has 0 aromatic carbocycles. The normalized spacial score (nSPS) is 8.33. The monoisotopic (exact) mass is 88.1 g/mol. The number of carbonyl (C=O) groups is 1. The van der Waals surface area contributed by atoms with Crippen molar-refractivity contribution >= 4 is 5.78 Å². The van der Waals surface area contributed by atoms with Crippen LogP contribution in [0.3, 0.4) is 0 Å². The van der Waals surface area contributed by atoms with E-state index in [0.29, 0.717) is 6.42 Å². The molecular weight excluding hydrogens is 80.0 g/mol. The van der Waals surface area contributed by atoms with Crippen LogP contribution in [0.1, 0.15) is 13.3 Å². The summed E-state index contributed by atoms with van der Waals surface area (Å²) in [6.45, 7) is 1.41. The average molecular weight is 88.1 g/mol. The number of Topliss-reactive ketones (excluding diaryl/α,β-unsaturated/α-hetero) is 1. The fourth-order valence-corrected chi connectivity index (χ4v) is 0.112. The Kier molecular flexibility index (Phi) is 2.67. The van der Waals surface area contributed by atoms with Crippen molar-refractivity contribution in [3.63, 3.8) is 0 Å². The van der Waals surface area contributed by atoms with Gasteiger partial charge in [-0.25, -0.2) is 0 Å². The second-order valence-electron chi connectivity index (χ2n) is 1.05. The summed E-state index contributed by atoms with van der Waals surface area (Å²) in [5.74, 6) is -0.102. The Balaban J connectivity index is 2.99. The van der Waals surface area contributed by atoms with Crippen molar-refractivity contribution in [3.8, 4) is 0 Å². The first kappa shape index (κ1) is 5.63. The zero-order chi connectivity index (χ0) is 4.99. The van der Waals surface area contributed by atoms with Gasteiger partial charge >= 0.3 is 0 Å². The third-order valence-corrected chi connectivity index (χ3v) is 0.571. The van der Waals surface area contributed by atoms with Crippen LogP contribution >= 0.6 is 0 Å². The maximum atomic E-state index is 9.93. The van der Waals surface area contributed by atoms with Crippen LogP contribution in [0.25, 0.3) is 0 Å². The highest BCUT2D eigenvalue weighted by atomic mass is 16.3. The molecule has 0 unspecified atom stereocenters. The van der Waals surface area contributed by atoms with E-state index in [-0.39, 0.29) is 12.4 Å². The van der Waals surface area contributed by atoms with Gasteiger partial charge in [-0.05, 0) is 0 Å². The molecule has 2 nitrogen and oxygen atoms in total. The Morgan fingerprint density at radius 2 is 2.33 bits per heavy atom. The van der Waals surface area contributed by atoms with Gasteiger partial charge < -0.3 is 5.11 Å². The number of hydrogen-bond donors (Lipinski definition) is 1. The minimum Gasteiger partial charge on any atom is -0.389 e. The summed E-state index contributed by atoms with van der Waals surface area (Å²) in [6, 6.07) is 0. The van der Waals surface area contributed by atoms with Crippen molar-refractivity contribution in [2.24, 2.45) is 0 Å². The minimum atomic E-state index is -0.309. The number of aliphatic hydroxyl groups excluding tert-OH is 1. The Morgan fingerprint density at radius 1 is 1.83 bits per heavy atom. The van der Waals surface area contributed by atoms with Crippen LogP contribution in [-0.2, 0) is 4.79 Å². The average Bonchev–Trinajstić information content (AvgIpc) is 1.65. The summed E-state index contributed by atoms with van der Waals surface area (Å²) in [7, 11) is 0. The molecule has 0 fully saturated rings. The highest BCUT2D eigenvalue weighted by Crippen LogP contribution is 1.73. The molecule has 0 atom stereocenters. The lowest BCUT2D eigenvalue weighted by Gasteiger charge is -1.81. The fourth-order valence-electron chi connectivity index (χ4n) is 0.112. The molecule has 0 aliphatic carbocycles. The fraction of sp³-hybridized carbons (Fsp3) is 0.750. The molecule has 6 heavy (non-hydrogen) atoms. The molecule has 0 spiro atoms. The summed E-state index contributed by atoms with van der Waals surface area (Å²) < 4.78 is 0. The molecule has 0 aromatic rings. The second kappa shape index (κ2) is 2.85. The molecule has 0 rings (SSSR count). The largest absolute Gasteiger partial charge is 0.389 e. The Bertz CT molecular complexity index is 43.5. The maximum Gasteiger partial charge on any atom is 0.157 e. The van der Waals surface area contributed by atoms with Crippen molar-refractivity contribution < 1.29 is 9.90 Å². The van der Waals surface area contributed by atoms with Crippen molar-refractivity contribution in [1.82, 2.24) is 0 Å². The third kappa shape index (κ3) is 1.91. The predicted octanol–water partition coefficient (Wildman–Crippen LogP) is -0.0422. The van der Waals surface area contributed by atoms with E-state index in [1.54, 1.807) is 6.92 Å². The van der Waals surface area contributed by atoms with Crippen molar-refractivity contribution in [3.05, 3.63) is 0 Å². The lowest BCUT2D eigenvalue weighted by Crippen LogP contribution is -1.99. The van der Waals surface area contributed by atoms with E-state index in [9.17, 15) is 4.79 Å². The molecule has 0 heterocycles. The Morgan fingerprint density at radius 3 is 2.33 bits per heavy atom. The number of hydrogen-bond acceptors (Lipinski definition) is 2. The van der Waals surface area contributed by atoms with E-state index in [4.69, 9.17) is 5.11 Å². The van der Waals surface area contributed by atoms with Crippen LogP contribution in [-0.4, -0.2) is 17.5 Å². The lowest BCUT2D eigenvalue weighted by molar-refractivity contribution is -0.121. The SMILES string of the molecule is CCC(=O)CO. The van der Waals surface area contributed by atoms with E-state index < -0.39 is 0 Å². The van der Waals surface area contributed by atoms with Gasteiger partial charge in [0.2, 0.25) is 0 Å². The van der Waals surface area contributed by atoms with Gasteiger partial charge in [0.15, 0.2) is 5.78 Å². The van der Waals surface area contributed by atoms with Gasteiger partial charge in [-0.2, -0.15) is 0 Å². The topological polar surface area (TPSA) is 37.3 Å². The van der Waals surface area contributed by atoms with E-state index >= 15 is 0 Å². The van der Waals surface area contributed by atoms with Gasteiger partial charge in [-0.3, -0.25) is 4.79 Å². The van der Waals surface area contributed by atoms with Crippen molar-refractivity contribution in [1.29, 1.82) is 0 Å². The summed E-state index contributed by atoms with van der Waals surface area (Å²) in [5.41, 5.74) is 0. The van der Waals surface area contributed by atoms with E-state index in [0.717, 1.165) is 0 Å². The quantitative estimate of drug-likeness (QED) is 0.514. The zero-order valence-electron chi connectivity index (χ0n) is 3.77. The van der Waals surface area contributed by atoms with Crippen LogP contribution in [0, 0.1) is 0 Å². The first-order valence-corrected chi connectivity index (χ1v) is 1.93. The van der Waals surface area contributed by atoms with Crippen LogP contribution in [0.4, 0.5) is 0 Å². The van der Waals surface area contributed by atoms with Crippen LogP contribution < -0.4 is 0 Å². The van der Waals surface area contributed by atoms with Crippen LogP contribution in [0.15, 0.2) is 0 Å². The second-order valence-corrected chi connectivity index (χ2v) is 1.05. The standard InChI is InChI=1S/C4H8O2/c1-2-4(6)3-5/h5H,2-3H2,1H3. The first-order chi connectivity index (χ1) is 2.81. The van der Waals surface area contributed by atoms with Gasteiger partial charge in [-0.15, -0.1) is 0 Å². The zero-order valence-corrected chi connectivity index (χ0v) is 3.77. The summed E-state index contributed by atoms with van der Waals surface area (Å²) in [4.78, 5) is 9.93. The van der Waals surface area contributed by atoms with Crippen LogP contribution in [0.5, 0.6) is 0 Å². The predicted molar refractivity (Wildman–Crippen MR) is 22.4 cm³/mol. The van der Waals surface area contributed by atoms with E-state index in [2.05, 4.69) is 0 Å². The van der Waals surface area contributed by atoms with Crippen LogP contribution in [0.2, 0.25) is 0 Å². The van der Waals surface area contributed by atoms with Crippen molar-refractivity contribution in [2.45, 2.75) is 13.3 Å². The molecule has 0 radical (unpaired) electrons. The van der Waals surface area contributed by atoms with Gasteiger partial charge in [0.25, 0.3) is 0 Å². The van der Waals surface area contributed by atoms with Gasteiger partial charge in [0.05, 0.1) is 0 Å². The molecule has 0 amide bonds. The molecule has 0 saturated carbocycles. The molecule has 0 aliphatic heterocycles. The summed E-state index contributed by atoms with van der Waals surface area (Å²) >= 11 is 0. The Labute approximate surface area is 36.8 Å². The Hall–Kier alpha value is -0.370. The van der Waals surface area contributed by atoms with Gasteiger partial charge in [0.1, 0.15) is 6.61 Å². The number of rotatable bonds is 2. The molecule has 0 aromatic heterocycles. The summed E-state index contributed by atoms with van der Waals surface area (Å²) in [6.07, 6.45) is 0.441. The highest BCUT2D eigenvalue weighted by Gasteiger charge is 1.88. The van der Waals surface area contributed by atoms with E-state index in [1.807, 2.05) is 0 Å². The molecule has 2 heteroatoms. The molecule has 1 N–H and O–H groups in total. The smallest absolute Gasteiger partial charge is 0.157 e. The number of aliphatic hydroxyl groups is 1. The molecule has 0 bridgehead atoms. The molecule has 36 valence electrons. The highest BCUT2D eigenvalue weighted by molar-refractivity contribution is 5.78. The number of ketones is 1. The lowest BCUT2D eigenvalue weighted by atomic mass is 10.3. The molecule has 0 saturated heterocycles. The molecular formula is C4H8O2. The van der Waals surface area contributed by atoms with Gasteiger partial charge in [0, 0.05) is 6.42 Å². The number of carbonyl (C=O) groups excluding carboxylic acids is 1. The first-order valence-electron chi connectivity index (χ1n) is 1.93. The third-order valence-electron chi connectivity index (χ3n) is 0.571. The molecule has 0 aliphatic rings. The van der Waals surface area contributed by atoms with E-state index in [1.165, 1.54) is 0 Å². The minimum absolute atomic E-state index is 0.102. The maximum absolute atomic E-state index is 9.93. The van der Waals surface area contributed by atoms with Crippen molar-refractivity contribution in [2.75, 3.05) is 6.61 Å². The summed E-state index contributed by atoms with van der Waals surface area (Å²) in [5, 5.41) is 7.99.